The molecule has 1 amide bonds. The molecular formula is C29H35N5OS. The van der Waals surface area contributed by atoms with Gasteiger partial charge in [0.15, 0.2) is 5.11 Å². The molecular weight excluding hydrogens is 466 g/mol. The van der Waals surface area contributed by atoms with E-state index in [-0.39, 0.29) is 18.0 Å². The Labute approximate surface area is 219 Å². The van der Waals surface area contributed by atoms with E-state index in [1.54, 1.807) is 0 Å². The van der Waals surface area contributed by atoms with Crippen LogP contribution in [0.25, 0.3) is 0 Å². The van der Waals surface area contributed by atoms with Crippen LogP contribution in [0.2, 0.25) is 0 Å². The molecule has 0 radical (unpaired) electrons. The lowest BCUT2D eigenvalue weighted by atomic mass is 9.94. The maximum atomic E-state index is 13.0. The Hall–Kier alpha value is -3.19. The van der Waals surface area contributed by atoms with Crippen LogP contribution >= 0.6 is 12.2 Å². The summed E-state index contributed by atoms with van der Waals surface area (Å²) < 4.78 is 2.46. The molecule has 2 aliphatic rings. The van der Waals surface area contributed by atoms with Crippen molar-refractivity contribution in [3.8, 4) is 0 Å². The summed E-state index contributed by atoms with van der Waals surface area (Å²) in [5.41, 5.74) is 4.23. The lowest BCUT2D eigenvalue weighted by Crippen LogP contribution is -2.34. The quantitative estimate of drug-likeness (QED) is 0.373. The van der Waals surface area contributed by atoms with Gasteiger partial charge in [-0.2, -0.15) is 0 Å². The Bertz CT molecular complexity index is 1190. The fourth-order valence-corrected chi connectivity index (χ4v) is 6.03. The number of aryl methyl sites for hydroxylation is 1. The highest BCUT2D eigenvalue weighted by molar-refractivity contribution is 7.80. The van der Waals surface area contributed by atoms with Crippen LogP contribution < -0.4 is 10.6 Å². The van der Waals surface area contributed by atoms with Crippen LogP contribution in [0.15, 0.2) is 67.0 Å². The SMILES string of the molecule is CCc1ccccc1NC(=O)CCN1C(=S)N[C@@H](c2ccccn2)[C@@H]1c1cccn1C1CCCCC1. The summed E-state index contributed by atoms with van der Waals surface area (Å²) in [4.78, 5) is 19.8. The molecule has 36 heavy (non-hydrogen) atoms. The lowest BCUT2D eigenvalue weighted by Gasteiger charge is -2.32. The Morgan fingerprint density at radius 1 is 1.08 bits per heavy atom. The van der Waals surface area contributed by atoms with Gasteiger partial charge in [-0.3, -0.25) is 9.78 Å². The van der Waals surface area contributed by atoms with Gasteiger partial charge in [0.05, 0.1) is 17.8 Å². The number of pyridine rings is 1. The minimum atomic E-state index is -0.0696. The third-order valence-corrected chi connectivity index (χ3v) is 7.89. The third-order valence-electron chi connectivity index (χ3n) is 7.53. The van der Waals surface area contributed by atoms with Gasteiger partial charge in [0, 0.05) is 42.8 Å². The summed E-state index contributed by atoms with van der Waals surface area (Å²) in [6, 6.07) is 18.8. The normalized spacial score (nSPS) is 20.4. The zero-order valence-electron chi connectivity index (χ0n) is 20.9. The van der Waals surface area contributed by atoms with E-state index in [4.69, 9.17) is 12.2 Å². The molecule has 2 atom stereocenters. The number of para-hydroxylation sites is 1. The van der Waals surface area contributed by atoms with E-state index in [0.29, 0.717) is 24.1 Å². The number of thiocarbonyl (C=S) groups is 1. The van der Waals surface area contributed by atoms with Crippen molar-refractivity contribution in [2.75, 3.05) is 11.9 Å². The second kappa shape index (κ2) is 11.2. The van der Waals surface area contributed by atoms with Gasteiger partial charge < -0.3 is 20.1 Å². The summed E-state index contributed by atoms with van der Waals surface area (Å²) >= 11 is 5.84. The summed E-state index contributed by atoms with van der Waals surface area (Å²) in [5, 5.41) is 7.31. The molecule has 0 spiro atoms. The first-order chi connectivity index (χ1) is 17.7. The minimum Gasteiger partial charge on any atom is -0.352 e. The molecule has 6 nitrogen and oxygen atoms in total. The average molecular weight is 502 g/mol. The molecule has 1 saturated heterocycles. The van der Waals surface area contributed by atoms with Crippen molar-refractivity contribution in [2.45, 2.75) is 70.0 Å². The summed E-state index contributed by atoms with van der Waals surface area (Å²) in [7, 11) is 0. The Kier molecular flexibility index (Phi) is 7.66. The molecule has 0 unspecified atom stereocenters. The summed E-state index contributed by atoms with van der Waals surface area (Å²) in [6.45, 7) is 2.64. The maximum Gasteiger partial charge on any atom is 0.226 e. The topological polar surface area (TPSA) is 62.2 Å². The van der Waals surface area contributed by atoms with E-state index in [2.05, 4.69) is 62.5 Å². The van der Waals surface area contributed by atoms with E-state index in [1.165, 1.54) is 37.8 Å². The van der Waals surface area contributed by atoms with Gasteiger partial charge in [0.25, 0.3) is 0 Å². The first-order valence-corrected chi connectivity index (χ1v) is 13.6. The highest BCUT2D eigenvalue weighted by atomic mass is 32.1. The number of rotatable bonds is 8. The molecule has 2 N–H and O–H groups in total. The molecule has 188 valence electrons. The molecule has 2 fully saturated rings. The zero-order valence-corrected chi connectivity index (χ0v) is 21.7. The fraction of sp³-hybridized carbons (Fsp3) is 0.414. The standard InChI is InChI=1S/C29H35N5OS/c1-2-21-11-6-7-14-23(21)31-26(35)17-20-34-28(27(32-29(34)36)24-15-8-9-18-30-24)25-16-10-19-33(25)22-12-4-3-5-13-22/h6-11,14-16,18-19,22,27-28H,2-5,12-13,17,20H2,1H3,(H,31,35)(H,32,36)/t27-,28-/m0/s1. The van der Waals surface area contributed by atoms with Crippen LogP contribution in [-0.4, -0.2) is 32.0 Å². The Morgan fingerprint density at radius 2 is 1.89 bits per heavy atom. The van der Waals surface area contributed by atoms with Crippen molar-refractivity contribution >= 4 is 28.9 Å². The number of aromatic nitrogens is 2. The first kappa shape index (κ1) is 24.5. The summed E-state index contributed by atoms with van der Waals surface area (Å²) in [5.74, 6) is 0.00130. The number of anilines is 1. The second-order valence-corrected chi connectivity index (χ2v) is 10.1. The first-order valence-electron chi connectivity index (χ1n) is 13.2. The predicted molar refractivity (Wildman–Crippen MR) is 148 cm³/mol. The molecule has 1 aromatic carbocycles. The third kappa shape index (κ3) is 5.16. The Morgan fingerprint density at radius 3 is 2.67 bits per heavy atom. The molecule has 3 heterocycles. The number of amides is 1. The maximum absolute atomic E-state index is 13.0. The number of carbonyl (C=O) groups is 1. The van der Waals surface area contributed by atoms with E-state index in [1.807, 2.05) is 36.5 Å². The van der Waals surface area contributed by atoms with Crippen molar-refractivity contribution in [1.82, 2.24) is 19.8 Å². The molecule has 2 aromatic heterocycles. The van der Waals surface area contributed by atoms with Crippen LogP contribution in [0.3, 0.4) is 0 Å². The van der Waals surface area contributed by atoms with E-state index in [9.17, 15) is 4.79 Å². The van der Waals surface area contributed by atoms with Gasteiger partial charge in [-0.15, -0.1) is 0 Å². The molecule has 1 saturated carbocycles. The van der Waals surface area contributed by atoms with Gasteiger partial charge in [-0.1, -0.05) is 50.5 Å². The van der Waals surface area contributed by atoms with Crippen molar-refractivity contribution < 1.29 is 4.79 Å². The van der Waals surface area contributed by atoms with E-state index >= 15 is 0 Å². The number of benzene rings is 1. The number of nitrogens with zero attached hydrogens (tertiary/aromatic N) is 3. The molecule has 1 aliphatic heterocycles. The van der Waals surface area contributed by atoms with Gasteiger partial charge in [-0.05, 0) is 67.4 Å². The predicted octanol–water partition coefficient (Wildman–Crippen LogP) is 5.95. The Balaban J connectivity index is 1.39. The molecule has 3 aromatic rings. The van der Waals surface area contributed by atoms with Crippen LogP contribution in [0, 0.1) is 0 Å². The lowest BCUT2D eigenvalue weighted by molar-refractivity contribution is -0.116. The van der Waals surface area contributed by atoms with Crippen LogP contribution in [0.5, 0.6) is 0 Å². The largest absolute Gasteiger partial charge is 0.352 e. The highest BCUT2D eigenvalue weighted by Gasteiger charge is 2.41. The number of hydrogen-bond acceptors (Lipinski definition) is 3. The molecule has 5 rings (SSSR count). The minimum absolute atomic E-state index is 0.00130. The van der Waals surface area contributed by atoms with Crippen molar-refractivity contribution in [2.24, 2.45) is 0 Å². The van der Waals surface area contributed by atoms with Crippen LogP contribution in [0.4, 0.5) is 5.69 Å². The molecule has 1 aliphatic carbocycles. The number of nitrogens with one attached hydrogen (secondary N) is 2. The molecule has 0 bridgehead atoms. The van der Waals surface area contributed by atoms with Crippen molar-refractivity contribution in [1.29, 1.82) is 0 Å². The average Bonchev–Trinajstić information content (AvgIpc) is 3.53. The molecule has 7 heteroatoms. The van der Waals surface area contributed by atoms with Gasteiger partial charge in [0.2, 0.25) is 5.91 Å². The zero-order chi connectivity index (χ0) is 24.9. The van der Waals surface area contributed by atoms with Gasteiger partial charge in [0.1, 0.15) is 0 Å². The summed E-state index contributed by atoms with van der Waals surface area (Å²) in [6.07, 6.45) is 11.6. The highest BCUT2D eigenvalue weighted by Crippen LogP contribution is 2.41. The van der Waals surface area contributed by atoms with Crippen molar-refractivity contribution in [3.05, 3.63) is 83.9 Å². The number of carbonyl (C=O) groups excluding carboxylic acids is 1. The van der Waals surface area contributed by atoms with E-state index < -0.39 is 0 Å². The number of hydrogen-bond donors (Lipinski definition) is 2. The second-order valence-electron chi connectivity index (χ2n) is 9.76. The van der Waals surface area contributed by atoms with Crippen molar-refractivity contribution in [3.63, 3.8) is 0 Å². The van der Waals surface area contributed by atoms with Gasteiger partial charge in [-0.25, -0.2) is 0 Å². The monoisotopic (exact) mass is 501 g/mol. The fourth-order valence-electron chi connectivity index (χ4n) is 5.70. The van der Waals surface area contributed by atoms with Crippen LogP contribution in [-0.2, 0) is 11.2 Å². The van der Waals surface area contributed by atoms with Crippen LogP contribution in [0.1, 0.15) is 80.5 Å². The smallest absolute Gasteiger partial charge is 0.226 e. The van der Waals surface area contributed by atoms with Gasteiger partial charge >= 0.3 is 0 Å². The van der Waals surface area contributed by atoms with E-state index in [0.717, 1.165) is 23.4 Å².